The van der Waals surface area contributed by atoms with Crippen molar-refractivity contribution in [1.29, 1.82) is 0 Å². The molecule has 0 bridgehead atoms. The Morgan fingerprint density at radius 2 is 0.581 bits per heavy atom. The van der Waals surface area contributed by atoms with Crippen molar-refractivity contribution in [3.63, 3.8) is 0 Å². The van der Waals surface area contributed by atoms with E-state index in [1.165, 1.54) is 238 Å². The standard InChI is InChI=1S/C69H124O5/c1-3-5-7-9-11-13-15-17-19-21-23-25-27-29-30-31-32-33-34-35-36-37-38-40-42-44-46-48-50-52-54-56-58-60-62-64-69(72)74-67(65-70)66-73-68(71)63-61-59-57-55-53-51-49-47-45-43-41-39-28-26-24-22-20-18-16-14-12-10-8-6-4-2/h5,7,11,13,17,19,22-25,29-30,67,70H,3-4,6,8-10,12,14-16,18,20-21,26-28,31-66H2,1-2H3/b7-5-,13-11-,19-17-,24-22-,25-23-,30-29-. The zero-order valence-corrected chi connectivity index (χ0v) is 49.4. The molecule has 0 saturated heterocycles. The highest BCUT2D eigenvalue weighted by Crippen LogP contribution is 2.18. The van der Waals surface area contributed by atoms with E-state index in [0.29, 0.717) is 12.8 Å². The maximum atomic E-state index is 12.3. The Labute approximate surface area is 461 Å². The molecule has 0 aliphatic heterocycles. The van der Waals surface area contributed by atoms with Crippen molar-refractivity contribution < 1.29 is 24.2 Å². The summed E-state index contributed by atoms with van der Waals surface area (Å²) in [7, 11) is 0. The normalized spacial score (nSPS) is 12.6. The van der Waals surface area contributed by atoms with Crippen LogP contribution < -0.4 is 0 Å². The van der Waals surface area contributed by atoms with E-state index in [0.717, 1.165) is 70.6 Å². The second kappa shape index (κ2) is 64.6. The van der Waals surface area contributed by atoms with Crippen LogP contribution in [-0.4, -0.2) is 36.4 Å². The Kier molecular flexibility index (Phi) is 62.3. The fraction of sp³-hybridized carbons (Fsp3) is 0.797. The van der Waals surface area contributed by atoms with Crippen LogP contribution in [0.2, 0.25) is 0 Å². The zero-order chi connectivity index (χ0) is 53.4. The Morgan fingerprint density at radius 1 is 0.324 bits per heavy atom. The van der Waals surface area contributed by atoms with Gasteiger partial charge in [-0.3, -0.25) is 9.59 Å². The summed E-state index contributed by atoms with van der Waals surface area (Å²) in [6, 6.07) is 0. The Bertz CT molecular complexity index is 1310. The van der Waals surface area contributed by atoms with Gasteiger partial charge < -0.3 is 14.6 Å². The molecule has 0 amide bonds. The lowest BCUT2D eigenvalue weighted by molar-refractivity contribution is -0.161. The van der Waals surface area contributed by atoms with Crippen molar-refractivity contribution >= 4 is 11.9 Å². The highest BCUT2D eigenvalue weighted by atomic mass is 16.6. The predicted molar refractivity (Wildman–Crippen MR) is 325 cm³/mol. The van der Waals surface area contributed by atoms with Crippen LogP contribution in [-0.2, 0) is 19.1 Å². The summed E-state index contributed by atoms with van der Waals surface area (Å²) in [5, 5.41) is 9.69. The number of aliphatic hydroxyl groups excluding tert-OH is 1. The maximum Gasteiger partial charge on any atom is 0.306 e. The molecule has 0 spiro atoms. The molecule has 0 fully saturated rings. The lowest BCUT2D eigenvalue weighted by Gasteiger charge is -2.15. The number of allylic oxidation sites excluding steroid dienone is 12. The number of aliphatic hydroxyl groups is 1. The summed E-state index contributed by atoms with van der Waals surface area (Å²) in [6.07, 6.45) is 89.1. The number of hydrogen-bond donors (Lipinski definition) is 1. The lowest BCUT2D eigenvalue weighted by Crippen LogP contribution is -2.28. The van der Waals surface area contributed by atoms with Crippen molar-refractivity contribution in [3.05, 3.63) is 72.9 Å². The molecular formula is C69H124O5. The number of esters is 2. The highest BCUT2D eigenvalue weighted by molar-refractivity contribution is 5.70. The third-order valence-electron chi connectivity index (χ3n) is 14.5. The first-order valence-corrected chi connectivity index (χ1v) is 32.5. The van der Waals surface area contributed by atoms with Gasteiger partial charge >= 0.3 is 11.9 Å². The van der Waals surface area contributed by atoms with E-state index in [1.807, 2.05) is 0 Å². The molecule has 430 valence electrons. The fourth-order valence-corrected chi connectivity index (χ4v) is 9.64. The van der Waals surface area contributed by atoms with Crippen LogP contribution in [0.4, 0.5) is 0 Å². The molecule has 1 N–H and O–H groups in total. The predicted octanol–water partition coefficient (Wildman–Crippen LogP) is 22.3. The Balaban J connectivity index is 3.43. The van der Waals surface area contributed by atoms with E-state index in [2.05, 4.69) is 86.8 Å². The van der Waals surface area contributed by atoms with Crippen molar-refractivity contribution in [2.75, 3.05) is 13.2 Å². The smallest absolute Gasteiger partial charge is 0.306 e. The molecule has 0 radical (unpaired) electrons. The number of hydrogen-bond acceptors (Lipinski definition) is 5. The Morgan fingerprint density at radius 3 is 0.892 bits per heavy atom. The maximum absolute atomic E-state index is 12.3. The van der Waals surface area contributed by atoms with Crippen LogP contribution in [0.3, 0.4) is 0 Å². The van der Waals surface area contributed by atoms with Gasteiger partial charge in [-0.25, -0.2) is 0 Å². The first kappa shape index (κ1) is 71.3. The molecule has 1 unspecified atom stereocenters. The second-order valence-electron chi connectivity index (χ2n) is 21.8. The molecule has 0 saturated carbocycles. The average molecular weight is 1030 g/mol. The number of carbonyl (C=O) groups excluding carboxylic acids is 2. The molecule has 74 heavy (non-hydrogen) atoms. The van der Waals surface area contributed by atoms with E-state index >= 15 is 0 Å². The van der Waals surface area contributed by atoms with Crippen LogP contribution in [0, 0.1) is 0 Å². The third-order valence-corrected chi connectivity index (χ3v) is 14.5. The largest absolute Gasteiger partial charge is 0.462 e. The molecule has 1 atom stereocenters. The van der Waals surface area contributed by atoms with Gasteiger partial charge in [-0.1, -0.05) is 311 Å². The fourth-order valence-electron chi connectivity index (χ4n) is 9.64. The zero-order valence-electron chi connectivity index (χ0n) is 49.4. The van der Waals surface area contributed by atoms with Crippen molar-refractivity contribution in [2.45, 2.75) is 341 Å². The minimum atomic E-state index is -0.773. The molecule has 0 heterocycles. The molecule has 5 nitrogen and oxygen atoms in total. The van der Waals surface area contributed by atoms with Gasteiger partial charge in [-0.15, -0.1) is 0 Å². The highest BCUT2D eigenvalue weighted by Gasteiger charge is 2.16. The minimum absolute atomic E-state index is 0.0630. The van der Waals surface area contributed by atoms with E-state index in [1.54, 1.807) is 0 Å². The molecule has 0 rings (SSSR count). The van der Waals surface area contributed by atoms with Gasteiger partial charge in [-0.2, -0.15) is 0 Å². The number of ether oxygens (including phenoxy) is 2. The van der Waals surface area contributed by atoms with Gasteiger partial charge in [-0.05, 0) is 83.5 Å². The third kappa shape index (κ3) is 61.9. The summed E-state index contributed by atoms with van der Waals surface area (Å²) < 4.78 is 10.7. The summed E-state index contributed by atoms with van der Waals surface area (Å²) in [5.41, 5.74) is 0. The van der Waals surface area contributed by atoms with Crippen molar-refractivity contribution in [3.8, 4) is 0 Å². The minimum Gasteiger partial charge on any atom is -0.462 e. The first-order chi connectivity index (χ1) is 36.6. The van der Waals surface area contributed by atoms with Crippen molar-refractivity contribution in [2.24, 2.45) is 0 Å². The lowest BCUT2D eigenvalue weighted by atomic mass is 10.0. The van der Waals surface area contributed by atoms with Crippen LogP contribution >= 0.6 is 0 Å². The van der Waals surface area contributed by atoms with Crippen LogP contribution in [0.1, 0.15) is 335 Å². The molecule has 0 aromatic heterocycles. The van der Waals surface area contributed by atoms with Gasteiger partial charge in [0.05, 0.1) is 6.61 Å². The van der Waals surface area contributed by atoms with Crippen LogP contribution in [0.25, 0.3) is 0 Å². The summed E-state index contributed by atoms with van der Waals surface area (Å²) in [4.78, 5) is 24.6. The van der Waals surface area contributed by atoms with E-state index < -0.39 is 6.10 Å². The van der Waals surface area contributed by atoms with Gasteiger partial charge in [0.1, 0.15) is 6.61 Å². The van der Waals surface area contributed by atoms with Gasteiger partial charge in [0.25, 0.3) is 0 Å². The van der Waals surface area contributed by atoms with Gasteiger partial charge in [0.15, 0.2) is 6.10 Å². The number of carbonyl (C=O) groups is 2. The molecule has 0 aromatic carbocycles. The SMILES string of the molecule is CC/C=C\C/C=C\C/C=C\C/C=C\C/C=C\CCCCCCCCCCCCCCCCCCCCCC(=O)OC(CO)COC(=O)CCCCCCCCCCCCCCC/C=C\CCCCCCCCCC. The van der Waals surface area contributed by atoms with Crippen LogP contribution in [0.15, 0.2) is 72.9 Å². The molecule has 0 aliphatic rings. The summed E-state index contributed by atoms with van der Waals surface area (Å²) in [5.74, 6) is -0.574. The average Bonchev–Trinajstić information content (AvgIpc) is 3.40. The number of unbranched alkanes of at least 4 members (excludes halogenated alkanes) is 40. The monoisotopic (exact) mass is 1030 g/mol. The second-order valence-corrected chi connectivity index (χ2v) is 21.8. The van der Waals surface area contributed by atoms with Crippen LogP contribution in [0.5, 0.6) is 0 Å². The van der Waals surface area contributed by atoms with Crippen molar-refractivity contribution in [1.82, 2.24) is 0 Å². The van der Waals surface area contributed by atoms with Gasteiger partial charge in [0, 0.05) is 12.8 Å². The quantitative estimate of drug-likeness (QED) is 0.0373. The van der Waals surface area contributed by atoms with Gasteiger partial charge in [0.2, 0.25) is 0 Å². The van der Waals surface area contributed by atoms with E-state index in [4.69, 9.17) is 9.47 Å². The molecule has 0 aromatic rings. The molecule has 0 aliphatic carbocycles. The molecular weight excluding hydrogens is 909 g/mol. The first-order valence-electron chi connectivity index (χ1n) is 32.5. The molecule has 5 heteroatoms. The Hall–Kier alpha value is -2.66. The van der Waals surface area contributed by atoms with E-state index in [-0.39, 0.29) is 25.2 Å². The summed E-state index contributed by atoms with van der Waals surface area (Å²) >= 11 is 0. The number of rotatable bonds is 60. The summed E-state index contributed by atoms with van der Waals surface area (Å²) in [6.45, 7) is 4.07. The van der Waals surface area contributed by atoms with E-state index in [9.17, 15) is 14.7 Å². The topological polar surface area (TPSA) is 72.8 Å².